The highest BCUT2D eigenvalue weighted by Gasteiger charge is 2.05. The Morgan fingerprint density at radius 3 is 2.79 bits per heavy atom. The van der Waals surface area contributed by atoms with Crippen molar-refractivity contribution < 1.29 is 17.9 Å². The van der Waals surface area contributed by atoms with Gasteiger partial charge >= 0.3 is 0 Å². The minimum absolute atomic E-state index is 0.122. The van der Waals surface area contributed by atoms with E-state index in [1.807, 2.05) is 0 Å². The summed E-state index contributed by atoms with van der Waals surface area (Å²) in [5.74, 6) is 5.96. The lowest BCUT2D eigenvalue weighted by atomic mass is 10.1. The molecular weight excluding hydrogens is 287 g/mol. The molecule has 0 aliphatic carbocycles. The number of aliphatic hydroxyl groups excluding tert-OH is 1. The summed E-state index contributed by atoms with van der Waals surface area (Å²) in [6.07, 6.45) is 1.20. The molecule has 19 heavy (non-hydrogen) atoms. The smallest absolute Gasteiger partial charge is 0.148 e. The highest BCUT2D eigenvalue weighted by Crippen LogP contribution is 2.17. The van der Waals surface area contributed by atoms with Gasteiger partial charge in [-0.15, -0.1) is 0 Å². The predicted octanol–water partition coefficient (Wildman–Crippen LogP) is 1.45. The highest BCUT2D eigenvalue weighted by atomic mass is 32.2. The largest absolute Gasteiger partial charge is 0.384 e. The Hall–Kier alpha value is -1.03. The molecule has 0 atom stereocenters. The molecule has 0 aromatic heterocycles. The molecule has 1 aromatic rings. The van der Waals surface area contributed by atoms with E-state index in [-0.39, 0.29) is 18.2 Å². The van der Waals surface area contributed by atoms with Crippen LogP contribution >= 0.6 is 11.8 Å². The van der Waals surface area contributed by atoms with Crippen LogP contribution in [0.5, 0.6) is 0 Å². The molecule has 0 amide bonds. The van der Waals surface area contributed by atoms with E-state index < -0.39 is 9.84 Å². The Balaban J connectivity index is 2.67. The summed E-state index contributed by atoms with van der Waals surface area (Å²) in [6, 6.07) is 4.29. The van der Waals surface area contributed by atoms with Gasteiger partial charge in [-0.05, 0) is 17.7 Å². The second-order valence-electron chi connectivity index (χ2n) is 3.94. The number of thioether (sulfide) groups is 1. The van der Waals surface area contributed by atoms with Gasteiger partial charge in [0, 0.05) is 23.3 Å². The maximum atomic E-state index is 13.1. The van der Waals surface area contributed by atoms with Crippen LogP contribution in [0.4, 0.5) is 4.39 Å². The van der Waals surface area contributed by atoms with E-state index in [1.54, 1.807) is 6.07 Å². The van der Waals surface area contributed by atoms with Crippen molar-refractivity contribution in [2.24, 2.45) is 0 Å². The third kappa shape index (κ3) is 6.62. The van der Waals surface area contributed by atoms with Crippen LogP contribution in [0.25, 0.3) is 0 Å². The van der Waals surface area contributed by atoms with Gasteiger partial charge in [-0.2, -0.15) is 11.8 Å². The number of halogens is 1. The van der Waals surface area contributed by atoms with Crippen molar-refractivity contribution in [1.82, 2.24) is 0 Å². The zero-order chi connectivity index (χ0) is 14.3. The maximum Gasteiger partial charge on any atom is 0.148 e. The van der Waals surface area contributed by atoms with Gasteiger partial charge in [0.25, 0.3) is 0 Å². The molecule has 0 unspecified atom stereocenters. The molecule has 0 fully saturated rings. The topological polar surface area (TPSA) is 54.4 Å². The molecule has 0 spiro atoms. The number of sulfone groups is 1. The molecule has 0 aliphatic heterocycles. The molecule has 0 bridgehead atoms. The predicted molar refractivity (Wildman–Crippen MR) is 76.2 cm³/mol. The van der Waals surface area contributed by atoms with E-state index in [1.165, 1.54) is 30.2 Å². The first-order chi connectivity index (χ1) is 8.92. The summed E-state index contributed by atoms with van der Waals surface area (Å²) in [4.78, 5) is 0. The van der Waals surface area contributed by atoms with Gasteiger partial charge in [0.05, 0.1) is 5.75 Å². The summed E-state index contributed by atoms with van der Waals surface area (Å²) in [5, 5.41) is 8.65. The van der Waals surface area contributed by atoms with Gasteiger partial charge in [0.2, 0.25) is 0 Å². The van der Waals surface area contributed by atoms with Crippen LogP contribution in [0.2, 0.25) is 0 Å². The molecule has 1 rings (SSSR count). The fourth-order valence-electron chi connectivity index (χ4n) is 1.32. The Morgan fingerprint density at radius 2 is 2.16 bits per heavy atom. The lowest BCUT2D eigenvalue weighted by molar-refractivity contribution is 0.350. The average molecular weight is 302 g/mol. The molecule has 0 saturated heterocycles. The Kier molecular flexibility index (Phi) is 6.35. The molecular formula is C13H15FO3S2. The number of hydrogen-bond donors (Lipinski definition) is 1. The quantitative estimate of drug-likeness (QED) is 0.661. The Morgan fingerprint density at radius 1 is 1.42 bits per heavy atom. The van der Waals surface area contributed by atoms with Gasteiger partial charge in [-0.3, -0.25) is 0 Å². The van der Waals surface area contributed by atoms with Crippen molar-refractivity contribution in [2.45, 2.75) is 5.75 Å². The molecule has 104 valence electrons. The molecule has 3 nitrogen and oxygen atoms in total. The van der Waals surface area contributed by atoms with Crippen LogP contribution in [-0.2, 0) is 15.6 Å². The minimum atomic E-state index is -2.95. The first-order valence-electron chi connectivity index (χ1n) is 5.56. The zero-order valence-corrected chi connectivity index (χ0v) is 12.2. The van der Waals surface area contributed by atoms with Crippen molar-refractivity contribution in [3.8, 4) is 11.8 Å². The van der Waals surface area contributed by atoms with E-state index in [2.05, 4.69) is 11.8 Å². The third-order valence-electron chi connectivity index (χ3n) is 2.23. The first-order valence-corrected chi connectivity index (χ1v) is 8.77. The molecule has 1 aromatic carbocycles. The lowest BCUT2D eigenvalue weighted by Crippen LogP contribution is -2.05. The summed E-state index contributed by atoms with van der Waals surface area (Å²) in [6.45, 7) is -0.281. The lowest BCUT2D eigenvalue weighted by Gasteiger charge is -2.05. The van der Waals surface area contributed by atoms with Gasteiger partial charge in [0.15, 0.2) is 0 Å². The van der Waals surface area contributed by atoms with E-state index in [0.717, 1.165) is 5.56 Å². The normalized spacial score (nSPS) is 10.9. The fraction of sp³-hybridized carbons (Fsp3) is 0.385. The molecule has 0 heterocycles. The SMILES string of the molecule is CS(=O)(=O)CCSCc1ccc(F)cc1C#CCO. The van der Waals surface area contributed by atoms with Crippen LogP contribution in [0.3, 0.4) is 0 Å². The second kappa shape index (κ2) is 7.53. The van der Waals surface area contributed by atoms with E-state index in [9.17, 15) is 12.8 Å². The number of rotatable bonds is 5. The van der Waals surface area contributed by atoms with Crippen molar-refractivity contribution in [3.05, 3.63) is 35.1 Å². The number of hydrogen-bond acceptors (Lipinski definition) is 4. The van der Waals surface area contributed by atoms with E-state index in [0.29, 0.717) is 17.1 Å². The fourth-order valence-corrected chi connectivity index (χ4v) is 3.62. The number of benzene rings is 1. The van der Waals surface area contributed by atoms with Crippen molar-refractivity contribution in [1.29, 1.82) is 0 Å². The molecule has 0 saturated carbocycles. The van der Waals surface area contributed by atoms with Crippen LogP contribution in [-0.4, -0.2) is 37.9 Å². The standard InChI is InChI=1S/C13H15FO3S2/c1-19(16,17)8-7-18-10-12-4-5-13(14)9-11(12)3-2-6-15/h4-5,9,15H,6-8,10H2,1H3. The molecule has 0 radical (unpaired) electrons. The van der Waals surface area contributed by atoms with Gasteiger partial charge in [-0.25, -0.2) is 12.8 Å². The average Bonchev–Trinajstić information content (AvgIpc) is 2.32. The summed E-state index contributed by atoms with van der Waals surface area (Å²) in [5.41, 5.74) is 1.36. The van der Waals surface area contributed by atoms with Gasteiger partial charge in [-0.1, -0.05) is 17.9 Å². The summed E-state index contributed by atoms with van der Waals surface area (Å²) >= 11 is 1.45. The Labute approximate surface area is 117 Å². The Bertz CT molecular complexity index is 586. The summed E-state index contributed by atoms with van der Waals surface area (Å²) in [7, 11) is -2.95. The van der Waals surface area contributed by atoms with Gasteiger partial charge < -0.3 is 5.11 Å². The third-order valence-corrected chi connectivity index (χ3v) is 4.44. The summed E-state index contributed by atoms with van der Waals surface area (Å²) < 4.78 is 35.1. The van der Waals surface area contributed by atoms with E-state index in [4.69, 9.17) is 5.11 Å². The highest BCUT2D eigenvalue weighted by molar-refractivity contribution is 7.99. The molecule has 6 heteroatoms. The minimum Gasteiger partial charge on any atom is -0.384 e. The first kappa shape index (κ1) is 16.0. The van der Waals surface area contributed by atoms with Crippen molar-refractivity contribution >= 4 is 21.6 Å². The van der Waals surface area contributed by atoms with Crippen molar-refractivity contribution in [3.63, 3.8) is 0 Å². The van der Waals surface area contributed by atoms with Crippen LogP contribution < -0.4 is 0 Å². The zero-order valence-electron chi connectivity index (χ0n) is 10.5. The van der Waals surface area contributed by atoms with Crippen LogP contribution in [0.15, 0.2) is 18.2 Å². The number of aliphatic hydroxyl groups is 1. The molecule has 1 N–H and O–H groups in total. The van der Waals surface area contributed by atoms with Crippen LogP contribution in [0.1, 0.15) is 11.1 Å². The van der Waals surface area contributed by atoms with E-state index >= 15 is 0 Å². The monoisotopic (exact) mass is 302 g/mol. The van der Waals surface area contributed by atoms with Gasteiger partial charge in [0.1, 0.15) is 22.3 Å². The second-order valence-corrected chi connectivity index (χ2v) is 7.31. The molecule has 0 aliphatic rings. The van der Waals surface area contributed by atoms with Crippen molar-refractivity contribution in [2.75, 3.05) is 24.4 Å². The van der Waals surface area contributed by atoms with Crippen LogP contribution in [0, 0.1) is 17.7 Å². The maximum absolute atomic E-state index is 13.1.